The number of nitrogens with zero attached hydrogens (tertiary/aromatic N) is 1. The molecule has 3 rings (SSSR count). The Hall–Kier alpha value is -3.41. The zero-order valence-corrected chi connectivity index (χ0v) is 16.2. The van der Waals surface area contributed by atoms with E-state index in [1.165, 1.54) is 12.5 Å². The molecule has 0 aliphatic rings. The number of oxazole rings is 1. The lowest BCUT2D eigenvalue weighted by Crippen LogP contribution is -2.14. The van der Waals surface area contributed by atoms with Crippen LogP contribution in [0.5, 0.6) is 0 Å². The van der Waals surface area contributed by atoms with Crippen LogP contribution in [-0.4, -0.2) is 16.8 Å². The minimum Gasteiger partial charge on any atom is -0.441 e. The van der Waals surface area contributed by atoms with Crippen molar-refractivity contribution < 1.29 is 14.0 Å². The summed E-state index contributed by atoms with van der Waals surface area (Å²) < 4.78 is 5.76. The number of nitrogens with one attached hydrogen (secondary N) is 2. The van der Waals surface area contributed by atoms with Gasteiger partial charge in [0.25, 0.3) is 0 Å². The maximum atomic E-state index is 12.3. The van der Waals surface area contributed by atoms with Gasteiger partial charge in [-0.2, -0.15) is 0 Å². The molecule has 0 unspecified atom stereocenters. The molecule has 6 heteroatoms. The van der Waals surface area contributed by atoms with Gasteiger partial charge in [0.2, 0.25) is 11.8 Å². The highest BCUT2D eigenvalue weighted by Crippen LogP contribution is 2.22. The van der Waals surface area contributed by atoms with Crippen LogP contribution in [0.2, 0.25) is 0 Å². The molecule has 0 bridgehead atoms. The molecular formula is C22H23N3O3. The van der Waals surface area contributed by atoms with E-state index in [-0.39, 0.29) is 18.2 Å². The first-order valence-electron chi connectivity index (χ1n) is 9.10. The van der Waals surface area contributed by atoms with Crippen LogP contribution in [0.25, 0.3) is 11.3 Å². The zero-order valence-electron chi connectivity index (χ0n) is 16.2. The third-order valence-corrected chi connectivity index (χ3v) is 4.29. The van der Waals surface area contributed by atoms with Crippen LogP contribution in [0.1, 0.15) is 30.4 Å². The van der Waals surface area contributed by atoms with Gasteiger partial charge in [0.1, 0.15) is 0 Å². The summed E-state index contributed by atoms with van der Waals surface area (Å²) in [6.07, 6.45) is 2.33. The Morgan fingerprint density at radius 1 is 1.04 bits per heavy atom. The van der Waals surface area contributed by atoms with Crippen molar-refractivity contribution in [3.8, 4) is 11.3 Å². The maximum absolute atomic E-state index is 12.3. The van der Waals surface area contributed by atoms with Crippen molar-refractivity contribution in [1.82, 2.24) is 4.98 Å². The van der Waals surface area contributed by atoms with E-state index in [0.29, 0.717) is 29.4 Å². The minimum absolute atomic E-state index is 0.141. The van der Waals surface area contributed by atoms with Gasteiger partial charge in [-0.1, -0.05) is 35.9 Å². The predicted molar refractivity (Wildman–Crippen MR) is 109 cm³/mol. The van der Waals surface area contributed by atoms with Crippen LogP contribution in [0.15, 0.2) is 53.1 Å². The van der Waals surface area contributed by atoms with Crippen molar-refractivity contribution in [3.05, 3.63) is 65.7 Å². The lowest BCUT2D eigenvalue weighted by atomic mass is 10.1. The summed E-state index contributed by atoms with van der Waals surface area (Å²) in [6.45, 7) is 5.37. The second-order valence-electron chi connectivity index (χ2n) is 6.74. The predicted octanol–water partition coefficient (Wildman–Crippen LogP) is 4.49. The molecule has 2 N–H and O–H groups in total. The molecule has 0 atom stereocenters. The number of amides is 2. The van der Waals surface area contributed by atoms with Gasteiger partial charge in [-0.3, -0.25) is 9.59 Å². The van der Waals surface area contributed by atoms with Crippen LogP contribution >= 0.6 is 0 Å². The van der Waals surface area contributed by atoms with Crippen molar-refractivity contribution in [1.29, 1.82) is 0 Å². The Balaban J connectivity index is 1.59. The third kappa shape index (κ3) is 5.07. The molecule has 0 spiro atoms. The molecule has 3 aromatic rings. The van der Waals surface area contributed by atoms with Crippen molar-refractivity contribution in [2.24, 2.45) is 0 Å². The summed E-state index contributed by atoms with van der Waals surface area (Å²) >= 11 is 0. The smallest absolute Gasteiger partial charge is 0.224 e. The van der Waals surface area contributed by atoms with Crippen LogP contribution in [-0.2, 0) is 16.0 Å². The summed E-state index contributed by atoms with van der Waals surface area (Å²) in [6, 6.07) is 13.4. The highest BCUT2D eigenvalue weighted by atomic mass is 16.4. The average Bonchev–Trinajstić information content (AvgIpc) is 3.12. The first-order valence-corrected chi connectivity index (χ1v) is 9.10. The molecule has 0 aliphatic heterocycles. The summed E-state index contributed by atoms with van der Waals surface area (Å²) in [5.41, 5.74) is 4.37. The van der Waals surface area contributed by atoms with Gasteiger partial charge in [0.05, 0.1) is 6.20 Å². The van der Waals surface area contributed by atoms with Crippen LogP contribution < -0.4 is 10.6 Å². The summed E-state index contributed by atoms with van der Waals surface area (Å²) in [7, 11) is 0. The van der Waals surface area contributed by atoms with E-state index in [2.05, 4.69) is 15.6 Å². The molecule has 1 heterocycles. The first kappa shape index (κ1) is 19.4. The molecule has 2 amide bonds. The maximum Gasteiger partial charge on any atom is 0.224 e. The standard InChI is InChI=1S/C22H23N3O3/c1-14-4-7-17(8-5-14)20-13-23-22(28-20)11-10-21(27)25-19-12-18(24-16(3)26)9-6-15(19)2/h4-9,12-13H,10-11H2,1-3H3,(H,24,26)(H,25,27). The number of carbonyl (C=O) groups is 2. The molecule has 1 aromatic heterocycles. The average molecular weight is 377 g/mol. The minimum atomic E-state index is -0.158. The molecule has 144 valence electrons. The van der Waals surface area contributed by atoms with Gasteiger partial charge in [-0.05, 0) is 31.5 Å². The lowest BCUT2D eigenvalue weighted by molar-refractivity contribution is -0.116. The number of aryl methyl sites for hydroxylation is 3. The van der Waals surface area contributed by atoms with E-state index in [9.17, 15) is 9.59 Å². The number of hydrogen-bond donors (Lipinski definition) is 2. The van der Waals surface area contributed by atoms with E-state index >= 15 is 0 Å². The molecule has 0 saturated carbocycles. The van der Waals surface area contributed by atoms with Crippen molar-refractivity contribution in [2.45, 2.75) is 33.6 Å². The van der Waals surface area contributed by atoms with Gasteiger partial charge < -0.3 is 15.1 Å². The number of carbonyl (C=O) groups excluding carboxylic acids is 2. The van der Waals surface area contributed by atoms with Crippen molar-refractivity contribution >= 4 is 23.2 Å². The van der Waals surface area contributed by atoms with E-state index < -0.39 is 0 Å². The summed E-state index contributed by atoms with van der Waals surface area (Å²) in [4.78, 5) is 27.8. The number of anilines is 2. The quantitative estimate of drug-likeness (QED) is 0.663. The number of benzene rings is 2. The van der Waals surface area contributed by atoms with Crippen molar-refractivity contribution in [2.75, 3.05) is 10.6 Å². The Morgan fingerprint density at radius 3 is 2.50 bits per heavy atom. The number of hydrogen-bond acceptors (Lipinski definition) is 4. The Morgan fingerprint density at radius 2 is 1.79 bits per heavy atom. The van der Waals surface area contributed by atoms with E-state index in [0.717, 1.165) is 11.1 Å². The Kier molecular flexibility index (Phi) is 5.89. The normalized spacial score (nSPS) is 10.5. The second-order valence-corrected chi connectivity index (χ2v) is 6.74. The largest absolute Gasteiger partial charge is 0.441 e. The molecule has 0 saturated heterocycles. The van der Waals surface area contributed by atoms with Crippen LogP contribution in [0, 0.1) is 13.8 Å². The molecule has 2 aromatic carbocycles. The molecule has 0 radical (unpaired) electrons. The fourth-order valence-electron chi connectivity index (χ4n) is 2.75. The molecule has 6 nitrogen and oxygen atoms in total. The topological polar surface area (TPSA) is 84.2 Å². The van der Waals surface area contributed by atoms with Gasteiger partial charge in [0, 0.05) is 36.7 Å². The third-order valence-electron chi connectivity index (χ3n) is 4.29. The van der Waals surface area contributed by atoms with E-state index in [1.54, 1.807) is 18.3 Å². The van der Waals surface area contributed by atoms with Gasteiger partial charge >= 0.3 is 0 Å². The first-order chi connectivity index (χ1) is 13.4. The zero-order chi connectivity index (χ0) is 20.1. The Labute approximate surface area is 164 Å². The highest BCUT2D eigenvalue weighted by Gasteiger charge is 2.11. The van der Waals surface area contributed by atoms with Gasteiger partial charge in [-0.25, -0.2) is 4.98 Å². The molecule has 0 aliphatic carbocycles. The fraction of sp³-hybridized carbons (Fsp3) is 0.227. The van der Waals surface area contributed by atoms with Crippen molar-refractivity contribution in [3.63, 3.8) is 0 Å². The summed E-state index contributed by atoms with van der Waals surface area (Å²) in [5, 5.41) is 5.59. The van der Waals surface area contributed by atoms with E-state index in [1.807, 2.05) is 44.2 Å². The Bertz CT molecular complexity index is 991. The monoisotopic (exact) mass is 377 g/mol. The second kappa shape index (κ2) is 8.52. The number of aromatic nitrogens is 1. The van der Waals surface area contributed by atoms with Gasteiger partial charge in [0.15, 0.2) is 11.7 Å². The SMILES string of the molecule is CC(=O)Nc1ccc(C)c(NC(=O)CCc2ncc(-c3ccc(C)cc3)o2)c1. The van der Waals surface area contributed by atoms with Crippen LogP contribution in [0.3, 0.4) is 0 Å². The lowest BCUT2D eigenvalue weighted by Gasteiger charge is -2.10. The molecular weight excluding hydrogens is 354 g/mol. The number of rotatable bonds is 6. The summed E-state index contributed by atoms with van der Waals surface area (Å²) in [5.74, 6) is 0.913. The molecule has 28 heavy (non-hydrogen) atoms. The van der Waals surface area contributed by atoms with Crippen LogP contribution in [0.4, 0.5) is 11.4 Å². The highest BCUT2D eigenvalue weighted by molar-refractivity contribution is 5.94. The van der Waals surface area contributed by atoms with E-state index in [4.69, 9.17) is 4.42 Å². The van der Waals surface area contributed by atoms with Gasteiger partial charge in [-0.15, -0.1) is 0 Å². The fourth-order valence-corrected chi connectivity index (χ4v) is 2.75. The molecule has 0 fully saturated rings.